The van der Waals surface area contributed by atoms with Crippen molar-refractivity contribution in [3.63, 3.8) is 0 Å². The summed E-state index contributed by atoms with van der Waals surface area (Å²) in [7, 11) is -1.79. The van der Waals surface area contributed by atoms with Crippen LogP contribution in [0, 0.1) is 13.8 Å². The van der Waals surface area contributed by atoms with Crippen molar-refractivity contribution in [2.75, 3.05) is 0 Å². The molecule has 1 N–H and O–H groups in total. The van der Waals surface area contributed by atoms with E-state index in [0.717, 1.165) is 12.8 Å². The van der Waals surface area contributed by atoms with Crippen molar-refractivity contribution >= 4 is 10.0 Å². The van der Waals surface area contributed by atoms with E-state index in [2.05, 4.69) is 22.0 Å². The summed E-state index contributed by atoms with van der Waals surface area (Å²) in [6.45, 7) is 5.38. The Kier molecular flexibility index (Phi) is 5.03. The van der Waals surface area contributed by atoms with Crippen molar-refractivity contribution in [2.24, 2.45) is 7.05 Å². The summed E-state index contributed by atoms with van der Waals surface area (Å²) in [6.07, 6.45) is 1.59. The molecule has 5 nitrogen and oxygen atoms in total. The standard InChI is InChI=1S/C16H23N3O2S/c1-12(10-11-15-8-6-5-7-9-15)18-22(20,21)16-13(2)17-19(4)14(16)3/h5-9,12,18H,10-11H2,1-4H3. The second kappa shape index (κ2) is 6.62. The van der Waals surface area contributed by atoms with Gasteiger partial charge in [-0.2, -0.15) is 5.10 Å². The number of rotatable bonds is 6. The third kappa shape index (κ3) is 3.75. The van der Waals surface area contributed by atoms with Crippen molar-refractivity contribution < 1.29 is 8.42 Å². The highest BCUT2D eigenvalue weighted by atomic mass is 32.2. The zero-order valence-electron chi connectivity index (χ0n) is 13.5. The highest BCUT2D eigenvalue weighted by Crippen LogP contribution is 2.19. The minimum Gasteiger partial charge on any atom is -0.271 e. The highest BCUT2D eigenvalue weighted by Gasteiger charge is 2.25. The number of nitrogens with one attached hydrogen (secondary N) is 1. The van der Waals surface area contributed by atoms with E-state index in [-0.39, 0.29) is 6.04 Å². The number of benzene rings is 1. The number of hydrogen-bond acceptors (Lipinski definition) is 3. The van der Waals surface area contributed by atoms with Gasteiger partial charge in [-0.05, 0) is 39.2 Å². The van der Waals surface area contributed by atoms with Crippen LogP contribution in [0.2, 0.25) is 0 Å². The van der Waals surface area contributed by atoms with Crippen LogP contribution in [-0.4, -0.2) is 24.2 Å². The summed E-state index contributed by atoms with van der Waals surface area (Å²) in [5.41, 5.74) is 2.39. The Morgan fingerprint density at radius 3 is 2.41 bits per heavy atom. The zero-order valence-corrected chi connectivity index (χ0v) is 14.3. The number of nitrogens with zero attached hydrogens (tertiary/aromatic N) is 2. The largest absolute Gasteiger partial charge is 0.271 e. The molecule has 1 aromatic heterocycles. The van der Waals surface area contributed by atoms with Gasteiger partial charge in [0.1, 0.15) is 4.90 Å². The third-order valence-electron chi connectivity index (χ3n) is 3.78. The topological polar surface area (TPSA) is 64.0 Å². The molecule has 1 aromatic carbocycles. The molecule has 0 amide bonds. The monoisotopic (exact) mass is 321 g/mol. The van der Waals surface area contributed by atoms with Crippen LogP contribution in [0.1, 0.15) is 30.3 Å². The van der Waals surface area contributed by atoms with E-state index in [0.29, 0.717) is 16.3 Å². The first kappa shape index (κ1) is 16.7. The van der Waals surface area contributed by atoms with Crippen LogP contribution in [0.4, 0.5) is 0 Å². The lowest BCUT2D eigenvalue weighted by Crippen LogP contribution is -2.33. The Morgan fingerprint density at radius 2 is 1.86 bits per heavy atom. The van der Waals surface area contributed by atoms with Gasteiger partial charge >= 0.3 is 0 Å². The molecular formula is C16H23N3O2S. The van der Waals surface area contributed by atoms with E-state index in [1.165, 1.54) is 5.56 Å². The van der Waals surface area contributed by atoms with Crippen molar-refractivity contribution in [3.05, 3.63) is 47.3 Å². The predicted molar refractivity (Wildman–Crippen MR) is 87.2 cm³/mol. The molecule has 1 atom stereocenters. The maximum Gasteiger partial charge on any atom is 0.244 e. The molecule has 0 bridgehead atoms. The Balaban J connectivity index is 2.05. The molecule has 0 fully saturated rings. The summed E-state index contributed by atoms with van der Waals surface area (Å²) in [5.74, 6) is 0. The van der Waals surface area contributed by atoms with Gasteiger partial charge in [0.25, 0.3) is 0 Å². The first-order chi connectivity index (χ1) is 10.3. The molecule has 0 radical (unpaired) electrons. The lowest BCUT2D eigenvalue weighted by atomic mass is 10.1. The van der Waals surface area contributed by atoms with Gasteiger partial charge in [0, 0.05) is 13.1 Å². The summed E-state index contributed by atoms with van der Waals surface area (Å²) in [4.78, 5) is 0.293. The lowest BCUT2D eigenvalue weighted by molar-refractivity contribution is 0.545. The SMILES string of the molecule is Cc1nn(C)c(C)c1S(=O)(=O)NC(C)CCc1ccccc1. The Morgan fingerprint density at radius 1 is 1.23 bits per heavy atom. The van der Waals surface area contributed by atoms with Crippen molar-refractivity contribution in [2.45, 2.75) is 44.6 Å². The normalized spacial score (nSPS) is 13.3. The van der Waals surface area contributed by atoms with Gasteiger partial charge in [-0.15, -0.1) is 0 Å². The van der Waals surface area contributed by atoms with E-state index < -0.39 is 10.0 Å². The number of aromatic nitrogens is 2. The second-order valence-corrected chi connectivity index (χ2v) is 7.32. The van der Waals surface area contributed by atoms with Gasteiger partial charge in [-0.1, -0.05) is 30.3 Å². The first-order valence-electron chi connectivity index (χ1n) is 7.37. The highest BCUT2D eigenvalue weighted by molar-refractivity contribution is 7.89. The van der Waals surface area contributed by atoms with Gasteiger partial charge in [0.2, 0.25) is 10.0 Å². The van der Waals surface area contributed by atoms with Crippen LogP contribution < -0.4 is 4.72 Å². The molecule has 120 valence electrons. The molecule has 22 heavy (non-hydrogen) atoms. The van der Waals surface area contributed by atoms with Crippen LogP contribution in [0.3, 0.4) is 0 Å². The molecule has 1 heterocycles. The van der Waals surface area contributed by atoms with Crippen molar-refractivity contribution in [1.82, 2.24) is 14.5 Å². The fourth-order valence-electron chi connectivity index (χ4n) is 2.55. The van der Waals surface area contributed by atoms with E-state index in [1.807, 2.05) is 25.1 Å². The zero-order chi connectivity index (χ0) is 16.3. The molecule has 6 heteroatoms. The van der Waals surface area contributed by atoms with Gasteiger partial charge in [-0.3, -0.25) is 4.68 Å². The average molecular weight is 321 g/mol. The van der Waals surface area contributed by atoms with Crippen LogP contribution in [0.25, 0.3) is 0 Å². The lowest BCUT2D eigenvalue weighted by Gasteiger charge is -2.14. The molecule has 0 aliphatic carbocycles. The van der Waals surface area contributed by atoms with E-state index >= 15 is 0 Å². The minimum absolute atomic E-state index is 0.135. The molecular weight excluding hydrogens is 298 g/mol. The summed E-state index contributed by atoms with van der Waals surface area (Å²) < 4.78 is 29.4. The molecule has 1 unspecified atom stereocenters. The molecule has 2 aromatic rings. The van der Waals surface area contributed by atoms with Crippen molar-refractivity contribution in [3.8, 4) is 0 Å². The molecule has 0 saturated carbocycles. The summed E-state index contributed by atoms with van der Waals surface area (Å²) >= 11 is 0. The Bertz CT molecular complexity index is 736. The second-order valence-electron chi connectivity index (χ2n) is 5.67. The fraction of sp³-hybridized carbons (Fsp3) is 0.438. The number of sulfonamides is 1. The minimum atomic E-state index is -3.54. The fourth-order valence-corrected chi connectivity index (χ4v) is 4.27. The Labute approximate surface area is 132 Å². The van der Waals surface area contributed by atoms with Crippen molar-refractivity contribution in [1.29, 1.82) is 0 Å². The quantitative estimate of drug-likeness (QED) is 0.888. The summed E-state index contributed by atoms with van der Waals surface area (Å²) in [5, 5.41) is 4.18. The number of hydrogen-bond donors (Lipinski definition) is 1. The Hall–Kier alpha value is -1.66. The van der Waals surface area contributed by atoms with Gasteiger partial charge in [0.05, 0.1) is 11.4 Å². The van der Waals surface area contributed by atoms with Crippen LogP contribution in [0.5, 0.6) is 0 Å². The van der Waals surface area contributed by atoms with E-state index in [1.54, 1.807) is 25.6 Å². The van der Waals surface area contributed by atoms with Crippen LogP contribution in [0.15, 0.2) is 35.2 Å². The maximum atomic E-state index is 12.5. The van der Waals surface area contributed by atoms with Gasteiger partial charge in [0.15, 0.2) is 0 Å². The molecule has 0 aliphatic heterocycles. The third-order valence-corrected chi connectivity index (χ3v) is 5.62. The smallest absolute Gasteiger partial charge is 0.244 e. The molecule has 0 saturated heterocycles. The molecule has 0 spiro atoms. The van der Waals surface area contributed by atoms with E-state index in [4.69, 9.17) is 0 Å². The van der Waals surface area contributed by atoms with Crippen LogP contribution in [-0.2, 0) is 23.5 Å². The first-order valence-corrected chi connectivity index (χ1v) is 8.86. The van der Waals surface area contributed by atoms with E-state index in [9.17, 15) is 8.42 Å². The average Bonchev–Trinajstić information content (AvgIpc) is 2.71. The molecule has 0 aliphatic rings. The number of aryl methyl sites for hydroxylation is 3. The predicted octanol–water partition coefficient (Wildman–Crippen LogP) is 2.34. The van der Waals surface area contributed by atoms with Gasteiger partial charge in [-0.25, -0.2) is 13.1 Å². The summed E-state index contributed by atoms with van der Waals surface area (Å²) in [6, 6.07) is 9.93. The van der Waals surface area contributed by atoms with Gasteiger partial charge < -0.3 is 0 Å². The molecule has 2 rings (SSSR count). The maximum absolute atomic E-state index is 12.5. The van der Waals surface area contributed by atoms with Crippen LogP contribution >= 0.6 is 0 Å².